The summed E-state index contributed by atoms with van der Waals surface area (Å²) in [6.45, 7) is 3.52. The predicted molar refractivity (Wildman–Crippen MR) is 196 cm³/mol. The molecule has 0 saturated heterocycles. The first-order valence-electron chi connectivity index (χ1n) is 16.5. The smallest absolute Gasteiger partial charge is 0.323 e. The number of para-hydroxylation sites is 1. The lowest BCUT2D eigenvalue weighted by molar-refractivity contribution is 0.0389. The molecule has 50 heavy (non-hydrogen) atoms. The summed E-state index contributed by atoms with van der Waals surface area (Å²) in [6.07, 6.45) is -0.734. The van der Waals surface area contributed by atoms with E-state index in [-0.39, 0.29) is 53.4 Å². The number of hydrogen-bond donors (Lipinski definition) is 3. The number of nitrogens with one attached hydrogen (secondary N) is 2. The predicted octanol–water partition coefficient (Wildman–Crippen LogP) is 6.69. The Morgan fingerprint density at radius 2 is 1.50 bits per heavy atom. The number of anilines is 2. The van der Waals surface area contributed by atoms with Crippen molar-refractivity contribution in [2.45, 2.75) is 30.9 Å². The minimum absolute atomic E-state index is 0.0462. The van der Waals surface area contributed by atoms with Gasteiger partial charge in [0.15, 0.2) is 5.75 Å². The third kappa shape index (κ3) is 7.20. The van der Waals surface area contributed by atoms with Crippen molar-refractivity contribution in [1.29, 1.82) is 0 Å². The van der Waals surface area contributed by atoms with E-state index in [2.05, 4.69) is 10.6 Å². The van der Waals surface area contributed by atoms with Crippen LogP contribution >= 0.6 is 0 Å². The summed E-state index contributed by atoms with van der Waals surface area (Å²) < 4.78 is 35.4. The third-order valence-electron chi connectivity index (χ3n) is 9.08. The summed E-state index contributed by atoms with van der Waals surface area (Å²) in [5.41, 5.74) is 2.91. The summed E-state index contributed by atoms with van der Waals surface area (Å²) in [4.78, 5) is 29.0. The van der Waals surface area contributed by atoms with Crippen LogP contribution in [0.1, 0.15) is 24.2 Å². The lowest BCUT2D eigenvalue weighted by atomic mass is 9.99. The Bertz CT molecular complexity index is 2100. The van der Waals surface area contributed by atoms with Gasteiger partial charge in [0.2, 0.25) is 10.0 Å². The fourth-order valence-electron chi connectivity index (χ4n) is 6.15. The Labute approximate surface area is 292 Å². The number of hydrogen-bond acceptors (Lipinski definition) is 6. The van der Waals surface area contributed by atoms with E-state index >= 15 is 0 Å². The van der Waals surface area contributed by atoms with Crippen LogP contribution in [0.5, 0.6) is 5.75 Å². The molecule has 3 amide bonds. The highest BCUT2D eigenvalue weighted by Gasteiger charge is 2.36. The van der Waals surface area contributed by atoms with E-state index in [1.807, 2.05) is 73.7 Å². The van der Waals surface area contributed by atoms with E-state index in [1.54, 1.807) is 60.4 Å². The van der Waals surface area contributed by atoms with Gasteiger partial charge in [-0.05, 0) is 53.8 Å². The highest BCUT2D eigenvalue weighted by Crippen LogP contribution is 2.36. The molecule has 0 saturated carbocycles. The lowest BCUT2D eigenvalue weighted by Crippen LogP contribution is -2.50. The average molecular weight is 693 g/mol. The largest absolute Gasteiger partial charge is 0.486 e. The molecule has 10 nitrogen and oxygen atoms in total. The van der Waals surface area contributed by atoms with Gasteiger partial charge in [-0.15, -0.1) is 0 Å². The maximum atomic E-state index is 13.9. The van der Waals surface area contributed by atoms with Crippen molar-refractivity contribution in [2.75, 3.05) is 37.4 Å². The molecular weight excluding hydrogens is 653 g/mol. The molecule has 0 aliphatic carbocycles. The van der Waals surface area contributed by atoms with Crippen LogP contribution in [-0.4, -0.2) is 73.6 Å². The van der Waals surface area contributed by atoms with Crippen LogP contribution in [0.2, 0.25) is 0 Å². The zero-order valence-corrected chi connectivity index (χ0v) is 28.9. The number of benzene rings is 5. The van der Waals surface area contributed by atoms with E-state index in [9.17, 15) is 23.1 Å². The minimum atomic E-state index is -3.93. The second-order valence-electron chi connectivity index (χ2n) is 12.6. The second kappa shape index (κ2) is 14.7. The van der Waals surface area contributed by atoms with Gasteiger partial charge in [-0.1, -0.05) is 91.9 Å². The van der Waals surface area contributed by atoms with Gasteiger partial charge in [0.05, 0.1) is 41.0 Å². The first-order chi connectivity index (χ1) is 24.1. The molecule has 3 N–H and O–H groups in total. The van der Waals surface area contributed by atoms with Crippen LogP contribution in [0.3, 0.4) is 0 Å². The molecule has 0 unspecified atom stereocenters. The van der Waals surface area contributed by atoms with Crippen molar-refractivity contribution in [2.24, 2.45) is 5.92 Å². The molecule has 6 rings (SSSR count). The van der Waals surface area contributed by atoms with E-state index in [4.69, 9.17) is 4.74 Å². The van der Waals surface area contributed by atoms with E-state index in [0.29, 0.717) is 5.69 Å². The number of rotatable bonds is 9. The van der Waals surface area contributed by atoms with Crippen molar-refractivity contribution in [1.82, 2.24) is 9.21 Å². The van der Waals surface area contributed by atoms with Crippen LogP contribution in [-0.2, 0) is 10.0 Å². The number of carbonyl (C=O) groups is 2. The van der Waals surface area contributed by atoms with Gasteiger partial charge in [-0.25, -0.2) is 13.2 Å². The van der Waals surface area contributed by atoms with Crippen LogP contribution < -0.4 is 15.4 Å². The monoisotopic (exact) mass is 692 g/mol. The molecule has 258 valence electrons. The molecule has 11 heteroatoms. The highest BCUT2D eigenvalue weighted by molar-refractivity contribution is 7.89. The molecule has 0 fully saturated rings. The zero-order valence-electron chi connectivity index (χ0n) is 28.1. The average Bonchev–Trinajstić information content (AvgIpc) is 3.13. The van der Waals surface area contributed by atoms with E-state index in [0.717, 1.165) is 21.9 Å². The molecule has 1 aliphatic heterocycles. The van der Waals surface area contributed by atoms with Crippen molar-refractivity contribution >= 4 is 44.1 Å². The molecule has 0 radical (unpaired) electrons. The molecule has 0 spiro atoms. The quantitative estimate of drug-likeness (QED) is 0.158. The van der Waals surface area contributed by atoms with Crippen molar-refractivity contribution in [3.63, 3.8) is 0 Å². The Morgan fingerprint density at radius 3 is 2.24 bits per heavy atom. The number of nitrogens with zero attached hydrogens (tertiary/aromatic N) is 2. The van der Waals surface area contributed by atoms with Crippen LogP contribution in [0.25, 0.3) is 21.9 Å². The number of carbonyl (C=O) groups excluding carboxylic acids is 2. The number of ether oxygens (including phenoxy) is 1. The number of likely N-dealkylation sites (N-methyl/N-ethyl adjacent to an activating group) is 1. The second-order valence-corrected chi connectivity index (χ2v) is 14.6. The summed E-state index contributed by atoms with van der Waals surface area (Å²) in [5.74, 6) is -0.614. The number of urea groups is 1. The minimum Gasteiger partial charge on any atom is -0.486 e. The van der Waals surface area contributed by atoms with Crippen LogP contribution in [0.15, 0.2) is 120 Å². The number of amides is 3. The number of sulfonamides is 1. The van der Waals surface area contributed by atoms with Crippen LogP contribution in [0, 0.1) is 5.92 Å². The molecule has 5 aromatic carbocycles. The molecule has 1 heterocycles. The molecule has 1 aliphatic rings. The van der Waals surface area contributed by atoms with Gasteiger partial charge in [-0.2, -0.15) is 4.31 Å². The summed E-state index contributed by atoms with van der Waals surface area (Å²) in [6, 6.07) is 33.5. The number of fused-ring (bicyclic) bond motifs is 2. The van der Waals surface area contributed by atoms with E-state index in [1.165, 1.54) is 11.4 Å². The lowest BCUT2D eigenvalue weighted by Gasteiger charge is -2.38. The van der Waals surface area contributed by atoms with Crippen molar-refractivity contribution in [3.05, 3.63) is 121 Å². The van der Waals surface area contributed by atoms with Gasteiger partial charge in [0, 0.05) is 24.9 Å². The SMILES string of the molecule is C[C@@H]1CN([C@@H](C)CO)C(=O)c2cccc(NC(=O)Nc3cccc4ccccc34)c2O[C@H]1CN(C)S(=O)(=O)c1ccc(-c2ccccc2)cc1. The fraction of sp³-hybridized carbons (Fsp3) is 0.231. The van der Waals surface area contributed by atoms with Gasteiger partial charge in [-0.3, -0.25) is 4.79 Å². The zero-order chi connectivity index (χ0) is 35.4. The Kier molecular flexibility index (Phi) is 10.2. The summed E-state index contributed by atoms with van der Waals surface area (Å²) in [5, 5.41) is 17.6. The number of aliphatic hydroxyl groups is 1. The van der Waals surface area contributed by atoms with Crippen LogP contribution in [0.4, 0.5) is 16.2 Å². The Hall–Kier alpha value is -5.23. The maximum Gasteiger partial charge on any atom is 0.323 e. The molecule has 5 aromatic rings. The summed E-state index contributed by atoms with van der Waals surface area (Å²) in [7, 11) is -2.44. The number of aliphatic hydroxyl groups excluding tert-OH is 1. The third-order valence-corrected chi connectivity index (χ3v) is 10.9. The standard InChI is InChI=1S/C39H40N4O6S/c1-26-23-43(27(2)25-44)38(45)33-16-10-18-35(41-39(46)40-34-17-9-14-30-13-7-8-15-32(30)34)37(33)49-36(26)24-42(3)50(47,48)31-21-19-29(20-22-31)28-11-5-4-6-12-28/h4-22,26-27,36,44H,23-25H2,1-3H3,(H2,40,41,46)/t26-,27+,36+/m1/s1. The maximum absolute atomic E-state index is 13.9. The molecule has 0 aromatic heterocycles. The van der Waals surface area contributed by atoms with Crippen molar-refractivity contribution < 1.29 is 27.9 Å². The molecule has 3 atom stereocenters. The van der Waals surface area contributed by atoms with Crippen molar-refractivity contribution in [3.8, 4) is 16.9 Å². The van der Waals surface area contributed by atoms with Gasteiger partial charge < -0.3 is 25.4 Å². The molecular formula is C39H40N4O6S. The Morgan fingerprint density at radius 1 is 0.880 bits per heavy atom. The Balaban J connectivity index is 1.29. The first-order valence-corrected chi connectivity index (χ1v) is 17.9. The van der Waals surface area contributed by atoms with E-state index < -0.39 is 28.2 Å². The fourth-order valence-corrected chi connectivity index (χ4v) is 7.33. The molecule has 0 bridgehead atoms. The van der Waals surface area contributed by atoms with Gasteiger partial charge in [0.1, 0.15) is 6.10 Å². The first kappa shape index (κ1) is 34.6. The van der Waals surface area contributed by atoms with Gasteiger partial charge >= 0.3 is 6.03 Å². The summed E-state index contributed by atoms with van der Waals surface area (Å²) >= 11 is 0. The topological polar surface area (TPSA) is 128 Å². The highest BCUT2D eigenvalue weighted by atomic mass is 32.2. The van der Waals surface area contributed by atoms with Gasteiger partial charge in [0.25, 0.3) is 5.91 Å². The normalized spacial score (nSPS) is 17.0.